The Bertz CT molecular complexity index is 1750. The molecule has 0 saturated carbocycles. The Labute approximate surface area is 236 Å². The molecule has 1 N–H and O–H groups in total. The topological polar surface area (TPSA) is 110 Å². The second kappa shape index (κ2) is 12.3. The summed E-state index contributed by atoms with van der Waals surface area (Å²) in [6, 6.07) is 25.1. The maximum atomic E-state index is 13.2. The summed E-state index contributed by atoms with van der Waals surface area (Å²) in [5, 5.41) is 0. The normalized spacial score (nSPS) is 10.9. The number of aryl methyl sites for hydroxylation is 1. The van der Waals surface area contributed by atoms with Crippen LogP contribution in [0.1, 0.15) is 39.5 Å². The third-order valence-corrected chi connectivity index (χ3v) is 6.79. The Hall–Kier alpha value is -5.18. The monoisotopic (exact) mass is 550 g/mol. The lowest BCUT2D eigenvalue weighted by atomic mass is 9.96. The van der Waals surface area contributed by atoms with Crippen LogP contribution in [0.4, 0.5) is 0 Å². The molecule has 1 amide bonds. The van der Waals surface area contributed by atoms with Gasteiger partial charge in [0.15, 0.2) is 0 Å². The highest BCUT2D eigenvalue weighted by molar-refractivity contribution is 5.95. The van der Waals surface area contributed by atoms with Crippen LogP contribution in [0, 0.1) is 6.92 Å². The molecule has 3 aromatic carbocycles. The Morgan fingerprint density at radius 2 is 1.73 bits per heavy atom. The summed E-state index contributed by atoms with van der Waals surface area (Å²) >= 11 is 0. The quantitative estimate of drug-likeness (QED) is 0.268. The van der Waals surface area contributed by atoms with Crippen molar-refractivity contribution in [2.45, 2.75) is 33.5 Å². The van der Waals surface area contributed by atoms with E-state index in [1.54, 1.807) is 12.4 Å². The first kappa shape index (κ1) is 27.4. The number of pyridine rings is 1. The lowest BCUT2D eigenvalue weighted by Crippen LogP contribution is -2.30. The first-order valence-corrected chi connectivity index (χ1v) is 13.3. The Balaban J connectivity index is 1.23. The van der Waals surface area contributed by atoms with Gasteiger partial charge >= 0.3 is 11.4 Å². The van der Waals surface area contributed by atoms with Crippen molar-refractivity contribution >= 4 is 5.91 Å². The van der Waals surface area contributed by atoms with Crippen LogP contribution in [0.5, 0.6) is 5.75 Å². The van der Waals surface area contributed by atoms with E-state index in [1.807, 2.05) is 91.5 Å². The highest BCUT2D eigenvalue weighted by Gasteiger charge is 2.16. The van der Waals surface area contributed by atoms with E-state index in [9.17, 15) is 14.4 Å². The summed E-state index contributed by atoms with van der Waals surface area (Å²) in [7, 11) is 0. The van der Waals surface area contributed by atoms with E-state index in [0.717, 1.165) is 38.1 Å². The van der Waals surface area contributed by atoms with Crippen molar-refractivity contribution in [3.8, 4) is 16.9 Å². The van der Waals surface area contributed by atoms with Crippen molar-refractivity contribution in [3.63, 3.8) is 0 Å². The van der Waals surface area contributed by atoms with Crippen LogP contribution in [-0.2, 0) is 19.7 Å². The van der Waals surface area contributed by atoms with Gasteiger partial charge in [-0.3, -0.25) is 9.78 Å². The van der Waals surface area contributed by atoms with E-state index in [1.165, 1.54) is 0 Å². The van der Waals surface area contributed by atoms with E-state index < -0.39 is 11.4 Å². The van der Waals surface area contributed by atoms with E-state index in [0.29, 0.717) is 31.0 Å². The first-order valence-electron chi connectivity index (χ1n) is 13.3. The third kappa shape index (κ3) is 6.70. The number of aromatic amines is 1. The SMILES string of the molecule is CCN(Cc1ccncc1)C(=O)c1ccc(-c2cccc(COc3ccc(Cn4oc(=O)[nH]c4=O)cc3)c2)c(C)c1. The molecule has 2 heterocycles. The van der Waals surface area contributed by atoms with Gasteiger partial charge in [0.25, 0.3) is 5.91 Å². The zero-order valence-corrected chi connectivity index (χ0v) is 22.9. The fraction of sp³-hybridized carbons (Fsp3) is 0.188. The molecule has 2 aromatic heterocycles. The van der Waals surface area contributed by atoms with E-state index >= 15 is 0 Å². The van der Waals surface area contributed by atoms with Crippen LogP contribution in [0.2, 0.25) is 0 Å². The van der Waals surface area contributed by atoms with E-state index in [-0.39, 0.29) is 12.5 Å². The maximum Gasteiger partial charge on any atom is 0.440 e. The molecule has 0 saturated heterocycles. The minimum absolute atomic E-state index is 0.00292. The number of nitrogens with zero attached hydrogens (tertiary/aromatic N) is 3. The summed E-state index contributed by atoms with van der Waals surface area (Å²) in [6.45, 7) is 5.66. The van der Waals surface area contributed by atoms with Crippen molar-refractivity contribution in [1.82, 2.24) is 19.6 Å². The molecule has 41 heavy (non-hydrogen) atoms. The molecule has 0 spiro atoms. The van der Waals surface area contributed by atoms with Crippen molar-refractivity contribution in [2.75, 3.05) is 6.54 Å². The van der Waals surface area contributed by atoms with Gasteiger partial charge in [0.1, 0.15) is 12.4 Å². The predicted octanol–water partition coefficient (Wildman–Crippen LogP) is 4.79. The zero-order valence-electron chi connectivity index (χ0n) is 22.9. The molecule has 0 atom stereocenters. The van der Waals surface area contributed by atoms with Gasteiger partial charge in [0.05, 0.1) is 6.54 Å². The number of rotatable bonds is 10. The summed E-state index contributed by atoms with van der Waals surface area (Å²) < 4.78 is 11.8. The molecular weight excluding hydrogens is 520 g/mol. The fourth-order valence-electron chi connectivity index (χ4n) is 4.61. The van der Waals surface area contributed by atoms with Gasteiger partial charge in [-0.1, -0.05) is 36.4 Å². The number of hydrogen-bond donors (Lipinski definition) is 1. The number of H-pyrrole nitrogens is 1. The van der Waals surface area contributed by atoms with E-state index in [4.69, 9.17) is 9.26 Å². The number of aromatic nitrogens is 3. The average Bonchev–Trinajstić information content (AvgIpc) is 3.31. The summed E-state index contributed by atoms with van der Waals surface area (Å²) in [5.74, 6) is -0.109. The summed E-state index contributed by atoms with van der Waals surface area (Å²) in [5.41, 5.74) is 6.02. The Morgan fingerprint density at radius 1 is 0.951 bits per heavy atom. The molecule has 0 fully saturated rings. The largest absolute Gasteiger partial charge is 0.489 e. The van der Waals surface area contributed by atoms with Crippen LogP contribution in [0.15, 0.2) is 105 Å². The molecule has 5 aromatic rings. The van der Waals surface area contributed by atoms with Gasteiger partial charge < -0.3 is 14.2 Å². The van der Waals surface area contributed by atoms with Crippen LogP contribution < -0.4 is 16.2 Å². The smallest absolute Gasteiger partial charge is 0.440 e. The number of ether oxygens (including phenoxy) is 1. The molecule has 5 rings (SSSR count). The van der Waals surface area contributed by atoms with Crippen LogP contribution in [-0.4, -0.2) is 32.1 Å². The minimum atomic E-state index is -0.781. The third-order valence-electron chi connectivity index (χ3n) is 6.79. The van der Waals surface area contributed by atoms with Gasteiger partial charge in [0, 0.05) is 31.0 Å². The lowest BCUT2D eigenvalue weighted by Gasteiger charge is -2.21. The maximum absolute atomic E-state index is 13.2. The lowest BCUT2D eigenvalue weighted by molar-refractivity contribution is 0.0752. The van der Waals surface area contributed by atoms with Gasteiger partial charge in [-0.2, -0.15) is 0 Å². The van der Waals surface area contributed by atoms with Crippen LogP contribution in [0.25, 0.3) is 11.1 Å². The molecule has 0 aliphatic heterocycles. The van der Waals surface area contributed by atoms with Gasteiger partial charge in [0.2, 0.25) is 0 Å². The highest BCUT2D eigenvalue weighted by atomic mass is 16.5. The molecule has 9 heteroatoms. The number of benzene rings is 3. The van der Waals surface area contributed by atoms with Crippen molar-refractivity contribution < 1.29 is 14.1 Å². The summed E-state index contributed by atoms with van der Waals surface area (Å²) in [6.07, 6.45) is 3.47. The minimum Gasteiger partial charge on any atom is -0.489 e. The summed E-state index contributed by atoms with van der Waals surface area (Å²) in [4.78, 5) is 44.0. The van der Waals surface area contributed by atoms with Crippen molar-refractivity contribution in [3.05, 3.63) is 140 Å². The van der Waals surface area contributed by atoms with Crippen molar-refractivity contribution in [1.29, 1.82) is 0 Å². The van der Waals surface area contributed by atoms with Gasteiger partial charge in [-0.05, 0) is 89.7 Å². The molecule has 0 aliphatic rings. The number of nitrogens with one attached hydrogen (secondary N) is 1. The zero-order chi connectivity index (χ0) is 28.8. The molecule has 208 valence electrons. The van der Waals surface area contributed by atoms with Gasteiger partial charge in [-0.15, -0.1) is 4.74 Å². The number of amides is 1. The fourth-order valence-corrected chi connectivity index (χ4v) is 4.61. The molecular formula is C32H30N4O5. The molecule has 0 radical (unpaired) electrons. The molecule has 0 unspecified atom stereocenters. The van der Waals surface area contributed by atoms with Gasteiger partial charge in [-0.25, -0.2) is 14.6 Å². The average molecular weight is 551 g/mol. The van der Waals surface area contributed by atoms with E-state index in [2.05, 4.69) is 16.0 Å². The molecule has 0 aliphatic carbocycles. The Morgan fingerprint density at radius 3 is 2.41 bits per heavy atom. The number of carbonyl (C=O) groups is 1. The van der Waals surface area contributed by atoms with Crippen LogP contribution >= 0.6 is 0 Å². The standard InChI is InChI=1S/C32H30N4O5/c1-3-35(19-24-13-15-33-16-14-24)30(37)27-9-12-29(22(2)17-27)26-6-4-5-25(18-26)21-40-28-10-7-23(8-11-28)20-36-31(38)34-32(39)41-36/h4-18H,3,19-21H2,1-2H3,(H,34,38,39). The Kier molecular flexibility index (Phi) is 8.24. The number of hydrogen-bond acceptors (Lipinski definition) is 6. The number of carbonyl (C=O) groups excluding carboxylic acids is 1. The first-order chi connectivity index (χ1) is 19.9. The second-order valence-corrected chi connectivity index (χ2v) is 9.68. The van der Waals surface area contributed by atoms with Crippen LogP contribution in [0.3, 0.4) is 0 Å². The van der Waals surface area contributed by atoms with Crippen molar-refractivity contribution in [2.24, 2.45) is 0 Å². The predicted molar refractivity (Wildman–Crippen MR) is 155 cm³/mol. The second-order valence-electron chi connectivity index (χ2n) is 9.68. The molecule has 0 bridgehead atoms. The highest BCUT2D eigenvalue weighted by Crippen LogP contribution is 2.26. The molecule has 9 nitrogen and oxygen atoms in total.